The Bertz CT molecular complexity index is 867. The summed E-state index contributed by atoms with van der Waals surface area (Å²) in [5.74, 6) is 3.12. The van der Waals surface area contributed by atoms with E-state index in [-0.39, 0.29) is 0 Å². The van der Waals surface area contributed by atoms with Crippen LogP contribution in [0.3, 0.4) is 0 Å². The fourth-order valence-corrected chi connectivity index (χ4v) is 8.44. The summed E-state index contributed by atoms with van der Waals surface area (Å²) < 4.78 is 2.69. The second kappa shape index (κ2) is 4.95. The Labute approximate surface area is 156 Å². The van der Waals surface area contributed by atoms with E-state index in [1.807, 2.05) is 0 Å². The molecule has 4 saturated carbocycles. The predicted octanol–water partition coefficient (Wildman–Crippen LogP) is 4.06. The van der Waals surface area contributed by atoms with E-state index in [0.717, 1.165) is 23.8 Å². The number of quaternary nitrogens is 1. The van der Waals surface area contributed by atoms with Crippen LogP contribution in [0.25, 0.3) is 10.9 Å². The van der Waals surface area contributed by atoms with Gasteiger partial charge in [-0.05, 0) is 97.8 Å². The third kappa shape index (κ3) is 1.82. The van der Waals surface area contributed by atoms with Gasteiger partial charge in [0.15, 0.2) is 0 Å². The molecule has 0 amide bonds. The second-order valence-corrected chi connectivity index (χ2v) is 10.5. The minimum Gasteiger partial charge on any atom is -0.337 e. The number of rotatable bonds is 1. The summed E-state index contributed by atoms with van der Waals surface area (Å²) in [6.45, 7) is 2.47. The Morgan fingerprint density at radius 3 is 2.54 bits per heavy atom. The molecule has 4 fully saturated rings. The Morgan fingerprint density at radius 2 is 1.77 bits per heavy atom. The molecule has 5 aliphatic carbocycles. The molecular weight excluding hydrogens is 316 g/mol. The molecule has 2 nitrogen and oxygen atoms in total. The fourth-order valence-electron chi connectivity index (χ4n) is 8.44. The first-order chi connectivity index (χ1) is 12.8. The molecular formula is C24H31N2+. The first-order valence-corrected chi connectivity index (χ1v) is 11.3. The minimum absolute atomic E-state index is 0.540. The fraction of sp³-hybridized carbons (Fsp3) is 0.667. The third-order valence-corrected chi connectivity index (χ3v) is 8.96. The Morgan fingerprint density at radius 1 is 1.00 bits per heavy atom. The van der Waals surface area contributed by atoms with E-state index in [9.17, 15) is 0 Å². The molecule has 2 heterocycles. The molecule has 136 valence electrons. The molecule has 2 aromatic rings. The van der Waals surface area contributed by atoms with E-state index < -0.39 is 0 Å². The Balaban J connectivity index is 1.41. The Hall–Kier alpha value is -1.28. The highest BCUT2D eigenvalue weighted by Crippen LogP contribution is 2.61. The molecule has 2 heteroatoms. The van der Waals surface area contributed by atoms with Crippen molar-refractivity contribution in [1.29, 1.82) is 0 Å². The highest BCUT2D eigenvalue weighted by molar-refractivity contribution is 5.87. The molecule has 0 radical (unpaired) electrons. The Kier molecular flexibility index (Phi) is 2.81. The van der Waals surface area contributed by atoms with Crippen molar-refractivity contribution < 1.29 is 5.32 Å². The van der Waals surface area contributed by atoms with Gasteiger partial charge in [0.25, 0.3) is 0 Å². The van der Waals surface area contributed by atoms with Crippen LogP contribution < -0.4 is 5.32 Å². The van der Waals surface area contributed by atoms with E-state index in [4.69, 9.17) is 0 Å². The second-order valence-electron chi connectivity index (χ2n) is 10.5. The van der Waals surface area contributed by atoms with Gasteiger partial charge in [0.2, 0.25) is 0 Å². The SMILES string of the molecule is c1cc2c(cc1C13CC4CC(CC(C4)C1)C3)c1c3n2CC[NH2+][C@@H]3CCC1. The number of benzene rings is 1. The largest absolute Gasteiger partial charge is 0.337 e. The molecule has 1 aromatic carbocycles. The zero-order valence-electron chi connectivity index (χ0n) is 15.8. The standard InChI is InChI=1S/C24H30N2/c1-2-19-20-11-18(24-12-15-8-16(13-24)10-17(9-15)14-24)4-5-22(20)26-7-6-25-21(3-1)23(19)26/h4-5,11,15-17,21,25H,1-3,6-10,12-14H2/p+1/t15?,16?,17?,21-,24?/m1/s1. The highest BCUT2D eigenvalue weighted by atomic mass is 15.1. The summed E-state index contributed by atoms with van der Waals surface area (Å²) >= 11 is 0. The number of hydrogen-bond acceptors (Lipinski definition) is 0. The van der Waals surface area contributed by atoms with E-state index in [1.165, 1.54) is 51.6 Å². The lowest BCUT2D eigenvalue weighted by Crippen LogP contribution is -2.88. The van der Waals surface area contributed by atoms with Gasteiger partial charge in [-0.2, -0.15) is 0 Å². The van der Waals surface area contributed by atoms with Crippen LogP contribution >= 0.6 is 0 Å². The van der Waals surface area contributed by atoms with Crippen molar-refractivity contribution in [3.05, 3.63) is 35.0 Å². The average Bonchev–Trinajstić information content (AvgIpc) is 2.97. The van der Waals surface area contributed by atoms with Crippen molar-refractivity contribution in [2.45, 2.75) is 75.8 Å². The third-order valence-electron chi connectivity index (χ3n) is 8.96. The van der Waals surface area contributed by atoms with Crippen LogP contribution in [0.2, 0.25) is 0 Å². The van der Waals surface area contributed by atoms with E-state index >= 15 is 0 Å². The van der Waals surface area contributed by atoms with Gasteiger partial charge in [-0.1, -0.05) is 6.07 Å². The number of fused-ring (bicyclic) bond motifs is 3. The zero-order chi connectivity index (χ0) is 16.9. The molecule has 1 aliphatic heterocycles. The van der Waals surface area contributed by atoms with Crippen LogP contribution in [0.1, 0.15) is 74.2 Å². The van der Waals surface area contributed by atoms with Crippen molar-refractivity contribution in [2.24, 2.45) is 17.8 Å². The maximum atomic E-state index is 2.69. The normalized spacial score (nSPS) is 40.2. The van der Waals surface area contributed by atoms with Gasteiger partial charge in [0.1, 0.15) is 6.04 Å². The first kappa shape index (κ1) is 14.7. The van der Waals surface area contributed by atoms with Gasteiger partial charge >= 0.3 is 0 Å². The summed E-state index contributed by atoms with van der Waals surface area (Å²) in [6.07, 6.45) is 13.2. The van der Waals surface area contributed by atoms with Gasteiger partial charge in [-0.25, -0.2) is 0 Å². The van der Waals surface area contributed by atoms with Crippen LogP contribution in [-0.4, -0.2) is 11.1 Å². The molecule has 0 spiro atoms. The van der Waals surface area contributed by atoms with Crippen molar-refractivity contribution in [3.8, 4) is 0 Å². The lowest BCUT2D eigenvalue weighted by molar-refractivity contribution is -0.704. The topological polar surface area (TPSA) is 21.5 Å². The number of nitrogens with zero attached hydrogens (tertiary/aromatic N) is 1. The van der Waals surface area contributed by atoms with Gasteiger partial charge in [-0.15, -0.1) is 0 Å². The average molecular weight is 348 g/mol. The maximum absolute atomic E-state index is 2.69. The minimum atomic E-state index is 0.540. The molecule has 6 aliphatic rings. The summed E-state index contributed by atoms with van der Waals surface area (Å²) in [5, 5.41) is 4.24. The van der Waals surface area contributed by atoms with Gasteiger partial charge in [-0.3, -0.25) is 0 Å². The van der Waals surface area contributed by atoms with Crippen LogP contribution in [0.5, 0.6) is 0 Å². The number of hydrogen-bond donors (Lipinski definition) is 1. The van der Waals surface area contributed by atoms with Crippen LogP contribution in [-0.2, 0) is 18.4 Å². The molecule has 4 bridgehead atoms. The monoisotopic (exact) mass is 347 g/mol. The molecule has 8 rings (SSSR count). The summed E-state index contributed by atoms with van der Waals surface area (Å²) in [5.41, 5.74) is 7.22. The molecule has 0 saturated heterocycles. The van der Waals surface area contributed by atoms with Gasteiger partial charge < -0.3 is 9.88 Å². The number of aryl methyl sites for hydroxylation is 1. The lowest BCUT2D eigenvalue weighted by Gasteiger charge is -2.57. The number of nitrogens with two attached hydrogens (primary N) is 1. The molecule has 1 atom stereocenters. The summed E-state index contributed by atoms with van der Waals surface area (Å²) in [7, 11) is 0. The highest BCUT2D eigenvalue weighted by Gasteiger charge is 2.51. The smallest absolute Gasteiger partial charge is 0.127 e. The van der Waals surface area contributed by atoms with Gasteiger partial charge in [0, 0.05) is 17.3 Å². The molecule has 26 heavy (non-hydrogen) atoms. The van der Waals surface area contributed by atoms with Crippen LogP contribution in [0, 0.1) is 17.8 Å². The summed E-state index contributed by atoms with van der Waals surface area (Å²) in [4.78, 5) is 0. The maximum Gasteiger partial charge on any atom is 0.127 e. The van der Waals surface area contributed by atoms with E-state index in [2.05, 4.69) is 28.1 Å². The van der Waals surface area contributed by atoms with Crippen molar-refractivity contribution in [3.63, 3.8) is 0 Å². The van der Waals surface area contributed by atoms with E-state index in [1.54, 1.807) is 47.0 Å². The lowest BCUT2D eigenvalue weighted by atomic mass is 9.48. The van der Waals surface area contributed by atoms with Gasteiger partial charge in [0.05, 0.1) is 18.8 Å². The molecule has 2 N–H and O–H groups in total. The zero-order valence-corrected chi connectivity index (χ0v) is 15.8. The summed E-state index contributed by atoms with van der Waals surface area (Å²) in [6, 6.07) is 8.50. The quantitative estimate of drug-likeness (QED) is 0.803. The molecule has 1 aromatic heterocycles. The molecule has 0 unspecified atom stereocenters. The number of aromatic nitrogens is 1. The first-order valence-electron chi connectivity index (χ1n) is 11.3. The van der Waals surface area contributed by atoms with Crippen LogP contribution in [0.15, 0.2) is 18.2 Å². The van der Waals surface area contributed by atoms with E-state index in [0.29, 0.717) is 5.41 Å². The van der Waals surface area contributed by atoms with Crippen molar-refractivity contribution in [2.75, 3.05) is 6.54 Å². The van der Waals surface area contributed by atoms with Crippen molar-refractivity contribution in [1.82, 2.24) is 4.57 Å². The van der Waals surface area contributed by atoms with Crippen LogP contribution in [0.4, 0.5) is 0 Å². The van der Waals surface area contributed by atoms with Crippen molar-refractivity contribution >= 4 is 10.9 Å². The predicted molar refractivity (Wildman–Crippen MR) is 104 cm³/mol.